The van der Waals surface area contributed by atoms with Crippen LogP contribution in [-0.4, -0.2) is 33.6 Å². The third-order valence-electron chi connectivity index (χ3n) is 3.40. The average Bonchev–Trinajstić information content (AvgIpc) is 2.54. The summed E-state index contributed by atoms with van der Waals surface area (Å²) in [4.78, 5) is 32.7. The van der Waals surface area contributed by atoms with Crippen LogP contribution in [0.4, 0.5) is 0 Å². The van der Waals surface area contributed by atoms with E-state index in [-0.39, 0.29) is 17.2 Å². The minimum atomic E-state index is -0.176. The Morgan fingerprint density at radius 2 is 2.12 bits per heavy atom. The van der Waals surface area contributed by atoms with Crippen LogP contribution in [0.25, 0.3) is 0 Å². The van der Waals surface area contributed by atoms with Crippen molar-refractivity contribution in [3.8, 4) is 0 Å². The second kappa shape index (κ2) is 9.03. The molecule has 0 aliphatic heterocycles. The number of aryl methyl sites for hydroxylation is 1. The lowest BCUT2D eigenvalue weighted by molar-refractivity contribution is -0.127. The van der Waals surface area contributed by atoms with Crippen LogP contribution in [0.1, 0.15) is 24.6 Å². The Bertz CT molecular complexity index is 763. The van der Waals surface area contributed by atoms with E-state index in [1.807, 2.05) is 31.2 Å². The zero-order chi connectivity index (χ0) is 17.5. The highest BCUT2D eigenvalue weighted by Gasteiger charge is 2.12. The van der Waals surface area contributed by atoms with Gasteiger partial charge in [-0.1, -0.05) is 59.2 Å². The number of hydrogen-bond donors (Lipinski definition) is 1. The minimum absolute atomic E-state index is 0.0145. The molecule has 0 aliphatic carbocycles. The Balaban J connectivity index is 1.95. The van der Waals surface area contributed by atoms with E-state index in [0.717, 1.165) is 28.6 Å². The van der Waals surface area contributed by atoms with E-state index in [1.54, 1.807) is 11.9 Å². The molecule has 0 spiro atoms. The van der Waals surface area contributed by atoms with Crippen LogP contribution in [0.3, 0.4) is 0 Å². The molecule has 0 unspecified atom stereocenters. The standard InChI is InChI=1S/C17H20BrN3O2S/c1-3-6-13-9-15(22)20-17(19-13)24-11-16(23)21(2)10-12-7-4-5-8-14(12)18/h4-5,7-9H,3,6,10-11H2,1-2H3,(H,19,20,22). The van der Waals surface area contributed by atoms with Crippen LogP contribution in [0, 0.1) is 0 Å². The first kappa shape index (κ1) is 18.7. The molecule has 1 aromatic carbocycles. The van der Waals surface area contributed by atoms with Crippen LogP contribution >= 0.6 is 27.7 Å². The highest BCUT2D eigenvalue weighted by molar-refractivity contribution is 9.10. The van der Waals surface area contributed by atoms with Crippen molar-refractivity contribution >= 4 is 33.6 Å². The van der Waals surface area contributed by atoms with E-state index in [4.69, 9.17) is 0 Å². The minimum Gasteiger partial charge on any atom is -0.341 e. The van der Waals surface area contributed by atoms with Gasteiger partial charge in [0.15, 0.2) is 5.16 Å². The van der Waals surface area contributed by atoms with Gasteiger partial charge in [0.2, 0.25) is 5.91 Å². The van der Waals surface area contributed by atoms with E-state index in [9.17, 15) is 9.59 Å². The van der Waals surface area contributed by atoms with Crippen molar-refractivity contribution in [3.05, 3.63) is 56.4 Å². The first-order valence-electron chi connectivity index (χ1n) is 7.70. The normalized spacial score (nSPS) is 10.6. The molecule has 128 valence electrons. The number of amides is 1. The Morgan fingerprint density at radius 1 is 1.38 bits per heavy atom. The van der Waals surface area contributed by atoms with Crippen molar-refractivity contribution in [1.29, 1.82) is 0 Å². The molecule has 2 aromatic rings. The summed E-state index contributed by atoms with van der Waals surface area (Å²) in [5.74, 6) is 0.221. The summed E-state index contributed by atoms with van der Waals surface area (Å²) in [5.41, 5.74) is 1.64. The van der Waals surface area contributed by atoms with Crippen molar-refractivity contribution in [3.63, 3.8) is 0 Å². The smallest absolute Gasteiger partial charge is 0.251 e. The molecule has 0 saturated heterocycles. The number of thioether (sulfide) groups is 1. The van der Waals surface area contributed by atoms with Crippen molar-refractivity contribution < 1.29 is 4.79 Å². The number of H-pyrrole nitrogens is 1. The fraction of sp³-hybridized carbons (Fsp3) is 0.353. The molecule has 0 bridgehead atoms. The first-order chi connectivity index (χ1) is 11.5. The number of carbonyl (C=O) groups excluding carboxylic acids is 1. The number of hydrogen-bond acceptors (Lipinski definition) is 4. The van der Waals surface area contributed by atoms with Gasteiger partial charge in [-0.25, -0.2) is 4.98 Å². The number of halogens is 1. The van der Waals surface area contributed by atoms with Gasteiger partial charge in [-0.05, 0) is 18.1 Å². The molecular weight excluding hydrogens is 390 g/mol. The lowest BCUT2D eigenvalue weighted by Gasteiger charge is -2.17. The maximum atomic E-state index is 12.3. The van der Waals surface area contributed by atoms with Crippen molar-refractivity contribution in [2.45, 2.75) is 31.5 Å². The lowest BCUT2D eigenvalue weighted by atomic mass is 10.2. The Hall–Kier alpha value is -1.60. The summed E-state index contributed by atoms with van der Waals surface area (Å²) < 4.78 is 0.982. The molecule has 1 heterocycles. The largest absolute Gasteiger partial charge is 0.341 e. The van der Waals surface area contributed by atoms with E-state index in [0.29, 0.717) is 11.7 Å². The van der Waals surface area contributed by atoms with Gasteiger partial charge >= 0.3 is 0 Å². The molecule has 0 fully saturated rings. The van der Waals surface area contributed by atoms with E-state index < -0.39 is 0 Å². The van der Waals surface area contributed by atoms with Crippen LogP contribution in [0.2, 0.25) is 0 Å². The van der Waals surface area contributed by atoms with E-state index >= 15 is 0 Å². The van der Waals surface area contributed by atoms with Gasteiger partial charge in [-0.15, -0.1) is 0 Å². The predicted molar refractivity (Wildman–Crippen MR) is 100 cm³/mol. The molecule has 24 heavy (non-hydrogen) atoms. The lowest BCUT2D eigenvalue weighted by Crippen LogP contribution is -2.28. The summed E-state index contributed by atoms with van der Waals surface area (Å²) in [5, 5.41) is 0.494. The number of aromatic amines is 1. The van der Waals surface area contributed by atoms with Crippen molar-refractivity contribution in [1.82, 2.24) is 14.9 Å². The quantitative estimate of drug-likeness (QED) is 0.562. The van der Waals surface area contributed by atoms with Gasteiger partial charge in [-0.2, -0.15) is 0 Å². The van der Waals surface area contributed by atoms with Crippen LogP contribution in [0.5, 0.6) is 0 Å². The second-order valence-electron chi connectivity index (χ2n) is 5.42. The summed E-state index contributed by atoms with van der Waals surface area (Å²) in [6.07, 6.45) is 1.68. The third kappa shape index (κ3) is 5.49. The van der Waals surface area contributed by atoms with Crippen molar-refractivity contribution in [2.24, 2.45) is 0 Å². The fourth-order valence-electron chi connectivity index (χ4n) is 2.15. The SMILES string of the molecule is CCCc1cc(=O)[nH]c(SCC(=O)N(C)Cc2ccccc2Br)n1. The van der Waals surface area contributed by atoms with Crippen LogP contribution in [0.15, 0.2) is 44.8 Å². The zero-order valence-corrected chi connectivity index (χ0v) is 16.1. The maximum absolute atomic E-state index is 12.3. The van der Waals surface area contributed by atoms with Gasteiger partial charge in [-0.3, -0.25) is 9.59 Å². The zero-order valence-electron chi connectivity index (χ0n) is 13.7. The Labute approximate surface area is 154 Å². The van der Waals surface area contributed by atoms with Gasteiger partial charge in [0, 0.05) is 29.8 Å². The second-order valence-corrected chi connectivity index (χ2v) is 7.24. The van der Waals surface area contributed by atoms with E-state index in [2.05, 4.69) is 25.9 Å². The average molecular weight is 410 g/mol. The van der Waals surface area contributed by atoms with E-state index in [1.165, 1.54) is 17.8 Å². The molecule has 2 rings (SSSR count). The summed E-state index contributed by atoms with van der Waals surface area (Å²) in [6, 6.07) is 9.33. The molecule has 1 amide bonds. The molecular formula is C17H20BrN3O2S. The van der Waals surface area contributed by atoms with Gasteiger partial charge in [0.05, 0.1) is 5.75 Å². The summed E-state index contributed by atoms with van der Waals surface area (Å²) >= 11 is 4.74. The molecule has 7 heteroatoms. The topological polar surface area (TPSA) is 66.1 Å². The molecule has 5 nitrogen and oxygen atoms in total. The molecule has 0 saturated carbocycles. The summed E-state index contributed by atoms with van der Waals surface area (Å²) in [7, 11) is 1.77. The molecule has 1 aromatic heterocycles. The molecule has 0 radical (unpaired) electrons. The monoisotopic (exact) mass is 409 g/mol. The van der Waals surface area contributed by atoms with Crippen molar-refractivity contribution in [2.75, 3.05) is 12.8 Å². The van der Waals surface area contributed by atoms with Crippen LogP contribution < -0.4 is 5.56 Å². The van der Waals surface area contributed by atoms with Gasteiger partial charge in [0.25, 0.3) is 5.56 Å². The molecule has 0 aliphatic rings. The number of benzene rings is 1. The maximum Gasteiger partial charge on any atom is 0.251 e. The number of nitrogens with one attached hydrogen (secondary N) is 1. The number of nitrogens with zero attached hydrogens (tertiary/aromatic N) is 2. The highest BCUT2D eigenvalue weighted by Crippen LogP contribution is 2.18. The Kier molecular flexibility index (Phi) is 7.05. The highest BCUT2D eigenvalue weighted by atomic mass is 79.9. The first-order valence-corrected chi connectivity index (χ1v) is 9.48. The molecule has 0 atom stereocenters. The predicted octanol–water partition coefficient (Wildman–Crippen LogP) is 3.24. The van der Waals surface area contributed by atoms with Crippen LogP contribution in [-0.2, 0) is 17.8 Å². The van der Waals surface area contributed by atoms with Gasteiger partial charge < -0.3 is 9.88 Å². The fourth-order valence-corrected chi connectivity index (χ4v) is 3.39. The third-order valence-corrected chi connectivity index (χ3v) is 5.03. The Morgan fingerprint density at radius 3 is 2.83 bits per heavy atom. The number of aromatic nitrogens is 2. The molecule has 1 N–H and O–H groups in total. The number of carbonyl (C=O) groups is 1. The number of rotatable bonds is 7. The summed E-state index contributed by atoms with van der Waals surface area (Å²) in [6.45, 7) is 2.57. The van der Waals surface area contributed by atoms with Gasteiger partial charge in [0.1, 0.15) is 0 Å².